The van der Waals surface area contributed by atoms with Crippen LogP contribution in [0.3, 0.4) is 0 Å². The third kappa shape index (κ3) is 4.68. The Morgan fingerprint density at radius 1 is 1.00 bits per heavy atom. The summed E-state index contributed by atoms with van der Waals surface area (Å²) in [5.41, 5.74) is 6.24. The molecule has 1 unspecified atom stereocenters. The van der Waals surface area contributed by atoms with Gasteiger partial charge in [0.15, 0.2) is 0 Å². The van der Waals surface area contributed by atoms with Crippen LogP contribution in [0.25, 0.3) is 11.1 Å². The molecule has 31 heavy (non-hydrogen) atoms. The monoisotopic (exact) mass is 423 g/mol. The number of hydrogen-bond acceptors (Lipinski definition) is 3. The largest absolute Gasteiger partial charge is 0.388 e. The van der Waals surface area contributed by atoms with E-state index in [2.05, 4.69) is 13.8 Å². The SMILES string of the molecule is CC(C)c1nc2c(c(-c3ccc(F)cc3)c1COCc1ccc(F)cc1)C(O)CCC2. The second-order valence-electron chi connectivity index (χ2n) is 8.40. The number of aliphatic hydroxyl groups excluding tert-OH is 1. The minimum atomic E-state index is -0.603. The fourth-order valence-corrected chi connectivity index (χ4v) is 4.29. The fraction of sp³-hybridized carbons (Fsp3) is 0.346. The zero-order valence-corrected chi connectivity index (χ0v) is 17.9. The molecule has 5 heteroatoms. The molecule has 1 atom stereocenters. The molecule has 3 nitrogen and oxygen atoms in total. The normalized spacial score (nSPS) is 15.9. The number of aromatic nitrogens is 1. The van der Waals surface area contributed by atoms with Crippen molar-refractivity contribution in [1.29, 1.82) is 0 Å². The lowest BCUT2D eigenvalue weighted by atomic mass is 9.83. The molecule has 1 aliphatic carbocycles. The minimum Gasteiger partial charge on any atom is -0.388 e. The summed E-state index contributed by atoms with van der Waals surface area (Å²) in [5.74, 6) is -0.421. The average molecular weight is 424 g/mol. The van der Waals surface area contributed by atoms with Gasteiger partial charge in [-0.25, -0.2) is 8.78 Å². The summed E-state index contributed by atoms with van der Waals surface area (Å²) < 4.78 is 32.8. The van der Waals surface area contributed by atoms with Crippen LogP contribution in [-0.2, 0) is 24.4 Å². The topological polar surface area (TPSA) is 42.4 Å². The van der Waals surface area contributed by atoms with E-state index in [1.807, 2.05) is 0 Å². The molecule has 1 heterocycles. The first kappa shape index (κ1) is 21.6. The molecule has 0 saturated heterocycles. The van der Waals surface area contributed by atoms with Gasteiger partial charge >= 0.3 is 0 Å². The van der Waals surface area contributed by atoms with E-state index in [9.17, 15) is 13.9 Å². The Bertz CT molecular complexity index is 1050. The minimum absolute atomic E-state index is 0.160. The number of aliphatic hydroxyl groups is 1. The predicted octanol–water partition coefficient (Wildman–Crippen LogP) is 6.24. The molecule has 0 amide bonds. The molecule has 1 aliphatic rings. The van der Waals surface area contributed by atoms with E-state index >= 15 is 0 Å². The predicted molar refractivity (Wildman–Crippen MR) is 117 cm³/mol. The molecule has 1 aromatic heterocycles. The summed E-state index contributed by atoms with van der Waals surface area (Å²) in [4.78, 5) is 4.94. The van der Waals surface area contributed by atoms with E-state index in [4.69, 9.17) is 9.72 Å². The summed E-state index contributed by atoms with van der Waals surface area (Å²) in [6, 6.07) is 12.6. The second kappa shape index (κ2) is 9.25. The number of benzene rings is 2. The van der Waals surface area contributed by atoms with Crippen molar-refractivity contribution in [3.63, 3.8) is 0 Å². The van der Waals surface area contributed by atoms with Crippen LogP contribution in [0.5, 0.6) is 0 Å². The van der Waals surface area contributed by atoms with Crippen molar-refractivity contribution < 1.29 is 18.6 Å². The number of hydrogen-bond donors (Lipinski definition) is 1. The highest BCUT2D eigenvalue weighted by atomic mass is 19.1. The maximum atomic E-state index is 13.6. The Morgan fingerprint density at radius 2 is 1.65 bits per heavy atom. The van der Waals surface area contributed by atoms with Crippen LogP contribution in [0, 0.1) is 11.6 Å². The number of ether oxygens (including phenoxy) is 1. The summed E-state index contributed by atoms with van der Waals surface area (Å²) in [7, 11) is 0. The standard InChI is InChI=1S/C26H27F2NO2/c1-16(2)26-21(15-31-14-17-6-10-19(27)11-7-17)24(18-8-12-20(28)13-9-18)25-22(29-26)4-3-5-23(25)30/h6-13,16,23,30H,3-5,14-15H2,1-2H3. The van der Waals surface area contributed by atoms with Gasteiger partial charge in [-0.05, 0) is 66.1 Å². The van der Waals surface area contributed by atoms with Crippen LogP contribution in [-0.4, -0.2) is 10.1 Å². The van der Waals surface area contributed by atoms with Gasteiger partial charge < -0.3 is 9.84 Å². The van der Waals surface area contributed by atoms with E-state index in [0.29, 0.717) is 19.6 Å². The number of rotatable bonds is 6. The maximum Gasteiger partial charge on any atom is 0.123 e. The Hall–Kier alpha value is -2.63. The average Bonchev–Trinajstić information content (AvgIpc) is 2.75. The molecule has 162 valence electrons. The van der Waals surface area contributed by atoms with E-state index in [0.717, 1.165) is 52.0 Å². The van der Waals surface area contributed by atoms with Crippen molar-refractivity contribution in [3.8, 4) is 11.1 Å². The van der Waals surface area contributed by atoms with Crippen molar-refractivity contribution in [2.45, 2.75) is 58.3 Å². The molecule has 4 rings (SSSR count). The van der Waals surface area contributed by atoms with Gasteiger partial charge in [0.1, 0.15) is 11.6 Å². The van der Waals surface area contributed by atoms with Gasteiger partial charge in [-0.1, -0.05) is 38.1 Å². The van der Waals surface area contributed by atoms with Crippen molar-refractivity contribution in [2.24, 2.45) is 0 Å². The molecule has 0 radical (unpaired) electrons. The van der Waals surface area contributed by atoms with Gasteiger partial charge in [-0.15, -0.1) is 0 Å². The molecule has 2 aromatic carbocycles. The zero-order chi connectivity index (χ0) is 22.0. The summed E-state index contributed by atoms with van der Waals surface area (Å²) in [6.45, 7) is 4.81. The quantitative estimate of drug-likeness (QED) is 0.511. The Balaban J connectivity index is 1.78. The lowest BCUT2D eigenvalue weighted by molar-refractivity contribution is 0.106. The highest BCUT2D eigenvalue weighted by molar-refractivity contribution is 5.73. The molecular formula is C26H27F2NO2. The van der Waals surface area contributed by atoms with Crippen LogP contribution in [0.2, 0.25) is 0 Å². The third-order valence-corrected chi connectivity index (χ3v) is 5.78. The van der Waals surface area contributed by atoms with Crippen molar-refractivity contribution in [1.82, 2.24) is 4.98 Å². The molecule has 0 aliphatic heterocycles. The highest BCUT2D eigenvalue weighted by Gasteiger charge is 2.28. The third-order valence-electron chi connectivity index (χ3n) is 5.78. The van der Waals surface area contributed by atoms with Crippen LogP contribution in [0.1, 0.15) is 66.8 Å². The Kier molecular flexibility index (Phi) is 6.44. The van der Waals surface area contributed by atoms with Gasteiger partial charge in [-0.2, -0.15) is 0 Å². The fourth-order valence-electron chi connectivity index (χ4n) is 4.29. The highest BCUT2D eigenvalue weighted by Crippen LogP contribution is 2.41. The summed E-state index contributed by atoms with van der Waals surface area (Å²) in [6.07, 6.45) is 1.78. The number of halogens is 2. The van der Waals surface area contributed by atoms with Crippen LogP contribution in [0.15, 0.2) is 48.5 Å². The molecule has 0 fully saturated rings. The zero-order valence-electron chi connectivity index (χ0n) is 17.9. The molecular weight excluding hydrogens is 396 g/mol. The second-order valence-corrected chi connectivity index (χ2v) is 8.40. The molecule has 1 N–H and O–H groups in total. The molecule has 3 aromatic rings. The van der Waals surface area contributed by atoms with Crippen molar-refractivity contribution in [3.05, 3.63) is 88.2 Å². The van der Waals surface area contributed by atoms with E-state index in [1.54, 1.807) is 24.3 Å². The van der Waals surface area contributed by atoms with E-state index in [-0.39, 0.29) is 17.6 Å². The maximum absolute atomic E-state index is 13.6. The molecule has 0 bridgehead atoms. The summed E-state index contributed by atoms with van der Waals surface area (Å²) in [5, 5.41) is 10.9. The van der Waals surface area contributed by atoms with Gasteiger partial charge in [0, 0.05) is 22.5 Å². The first-order valence-electron chi connectivity index (χ1n) is 10.8. The van der Waals surface area contributed by atoms with Gasteiger partial charge in [0.05, 0.1) is 19.3 Å². The Labute approximate surface area is 181 Å². The number of fused-ring (bicyclic) bond motifs is 1. The van der Waals surface area contributed by atoms with Gasteiger partial charge in [-0.3, -0.25) is 4.98 Å². The first-order valence-corrected chi connectivity index (χ1v) is 10.8. The van der Waals surface area contributed by atoms with Gasteiger partial charge in [0.25, 0.3) is 0 Å². The number of pyridine rings is 1. The number of nitrogens with zero attached hydrogens (tertiary/aromatic N) is 1. The van der Waals surface area contributed by atoms with Crippen LogP contribution >= 0.6 is 0 Å². The lowest BCUT2D eigenvalue weighted by Gasteiger charge is -2.28. The lowest BCUT2D eigenvalue weighted by Crippen LogP contribution is -2.18. The van der Waals surface area contributed by atoms with Crippen LogP contribution in [0.4, 0.5) is 8.78 Å². The Morgan fingerprint density at radius 3 is 2.29 bits per heavy atom. The van der Waals surface area contributed by atoms with E-state index in [1.165, 1.54) is 24.3 Å². The molecule has 0 saturated carbocycles. The molecule has 0 spiro atoms. The van der Waals surface area contributed by atoms with Crippen molar-refractivity contribution >= 4 is 0 Å². The first-order chi connectivity index (χ1) is 14.9. The van der Waals surface area contributed by atoms with E-state index < -0.39 is 6.10 Å². The summed E-state index contributed by atoms with van der Waals surface area (Å²) >= 11 is 0. The van der Waals surface area contributed by atoms with Gasteiger partial charge in [0.2, 0.25) is 0 Å². The van der Waals surface area contributed by atoms with Crippen molar-refractivity contribution in [2.75, 3.05) is 0 Å². The smallest absolute Gasteiger partial charge is 0.123 e. The number of aryl methyl sites for hydroxylation is 1. The van der Waals surface area contributed by atoms with Crippen LogP contribution < -0.4 is 0 Å².